The summed E-state index contributed by atoms with van der Waals surface area (Å²) in [5.41, 5.74) is 0.941. The van der Waals surface area contributed by atoms with Gasteiger partial charge in [0.25, 0.3) is 5.91 Å². The summed E-state index contributed by atoms with van der Waals surface area (Å²) < 4.78 is 5.17. The van der Waals surface area contributed by atoms with Gasteiger partial charge in [-0.15, -0.1) is 0 Å². The zero-order valence-electron chi connectivity index (χ0n) is 12.7. The van der Waals surface area contributed by atoms with Crippen molar-refractivity contribution in [2.24, 2.45) is 0 Å². The van der Waals surface area contributed by atoms with Gasteiger partial charge in [-0.1, -0.05) is 0 Å². The molecule has 1 aliphatic rings. The van der Waals surface area contributed by atoms with E-state index in [4.69, 9.17) is 4.74 Å². The number of ether oxygens (including phenoxy) is 1. The first-order chi connectivity index (χ1) is 10.5. The summed E-state index contributed by atoms with van der Waals surface area (Å²) in [7, 11) is 1.50. The number of anilines is 1. The Morgan fingerprint density at radius 2 is 1.91 bits per heavy atom. The molecule has 0 spiro atoms. The second kappa shape index (κ2) is 6.93. The maximum absolute atomic E-state index is 12.5. The molecule has 22 heavy (non-hydrogen) atoms. The molecule has 1 N–H and O–H groups in total. The van der Waals surface area contributed by atoms with E-state index in [-0.39, 0.29) is 11.8 Å². The number of nitrogens with one attached hydrogen (secondary N) is 1. The molecular formula is C15H19N3O4. The second-order valence-corrected chi connectivity index (χ2v) is 5.03. The van der Waals surface area contributed by atoms with Crippen molar-refractivity contribution >= 4 is 23.9 Å². The molecule has 2 rings (SSSR count). The molecule has 1 aromatic rings. The topological polar surface area (TPSA) is 79.0 Å². The number of nitrogens with zero attached hydrogens (tertiary/aromatic N) is 2. The Hall–Kier alpha value is -2.57. The van der Waals surface area contributed by atoms with Crippen molar-refractivity contribution in [2.45, 2.75) is 6.92 Å². The lowest BCUT2D eigenvalue weighted by molar-refractivity contribution is -0.119. The summed E-state index contributed by atoms with van der Waals surface area (Å²) in [5, 5.41) is 2.65. The van der Waals surface area contributed by atoms with Crippen LogP contribution in [0.4, 0.5) is 5.69 Å². The van der Waals surface area contributed by atoms with Crippen LogP contribution in [0, 0.1) is 0 Å². The van der Waals surface area contributed by atoms with E-state index in [0.717, 1.165) is 6.41 Å². The van der Waals surface area contributed by atoms with Crippen LogP contribution in [-0.4, -0.2) is 61.3 Å². The number of amides is 3. The molecular weight excluding hydrogens is 286 g/mol. The molecule has 1 aromatic carbocycles. The van der Waals surface area contributed by atoms with Gasteiger partial charge in [-0.05, 0) is 18.2 Å². The van der Waals surface area contributed by atoms with Gasteiger partial charge >= 0.3 is 0 Å². The molecule has 1 saturated heterocycles. The summed E-state index contributed by atoms with van der Waals surface area (Å²) >= 11 is 0. The highest BCUT2D eigenvalue weighted by Crippen LogP contribution is 2.26. The van der Waals surface area contributed by atoms with E-state index < -0.39 is 0 Å². The number of methoxy groups -OCH3 is 1. The fraction of sp³-hybridized carbons (Fsp3) is 0.400. The molecule has 0 bridgehead atoms. The van der Waals surface area contributed by atoms with Crippen LogP contribution in [-0.2, 0) is 9.59 Å². The summed E-state index contributed by atoms with van der Waals surface area (Å²) in [4.78, 5) is 37.8. The van der Waals surface area contributed by atoms with Crippen molar-refractivity contribution in [3.8, 4) is 5.75 Å². The maximum atomic E-state index is 12.5. The zero-order valence-corrected chi connectivity index (χ0v) is 12.7. The third-order valence-corrected chi connectivity index (χ3v) is 3.51. The van der Waals surface area contributed by atoms with Crippen LogP contribution in [0.3, 0.4) is 0 Å². The number of benzene rings is 1. The van der Waals surface area contributed by atoms with E-state index in [2.05, 4.69) is 5.32 Å². The molecule has 0 aromatic heterocycles. The number of piperazine rings is 1. The molecule has 0 atom stereocenters. The minimum atomic E-state index is -0.234. The highest BCUT2D eigenvalue weighted by molar-refractivity contribution is 5.98. The highest BCUT2D eigenvalue weighted by atomic mass is 16.5. The summed E-state index contributed by atoms with van der Waals surface area (Å²) in [6.45, 7) is 3.46. The molecule has 7 nitrogen and oxygen atoms in total. The largest absolute Gasteiger partial charge is 0.495 e. The van der Waals surface area contributed by atoms with E-state index in [9.17, 15) is 14.4 Å². The Kier molecular flexibility index (Phi) is 4.98. The van der Waals surface area contributed by atoms with Gasteiger partial charge in [0.05, 0.1) is 12.8 Å². The molecule has 0 radical (unpaired) electrons. The molecule has 118 valence electrons. The van der Waals surface area contributed by atoms with Crippen LogP contribution < -0.4 is 10.1 Å². The average molecular weight is 305 g/mol. The Bertz CT molecular complexity index is 580. The van der Waals surface area contributed by atoms with E-state index in [1.54, 1.807) is 28.0 Å². The van der Waals surface area contributed by atoms with Crippen LogP contribution in [0.15, 0.2) is 18.2 Å². The summed E-state index contributed by atoms with van der Waals surface area (Å²) in [6, 6.07) is 4.92. The van der Waals surface area contributed by atoms with Gasteiger partial charge in [-0.25, -0.2) is 0 Å². The first-order valence-electron chi connectivity index (χ1n) is 6.99. The molecule has 0 aliphatic carbocycles. The van der Waals surface area contributed by atoms with Crippen molar-refractivity contribution in [3.63, 3.8) is 0 Å². The second-order valence-electron chi connectivity index (χ2n) is 5.03. The minimum absolute atomic E-state index is 0.125. The van der Waals surface area contributed by atoms with Gasteiger partial charge < -0.3 is 19.9 Å². The van der Waals surface area contributed by atoms with Crippen LogP contribution >= 0.6 is 0 Å². The Labute approximate surface area is 128 Å². The molecule has 1 heterocycles. The fourth-order valence-electron chi connectivity index (χ4n) is 2.34. The quantitative estimate of drug-likeness (QED) is 0.825. The highest BCUT2D eigenvalue weighted by Gasteiger charge is 2.22. The molecule has 0 unspecified atom stereocenters. The molecule has 3 amide bonds. The lowest BCUT2D eigenvalue weighted by Crippen LogP contribution is -2.48. The number of carbonyl (C=O) groups excluding carboxylic acids is 3. The summed E-state index contributed by atoms with van der Waals surface area (Å²) in [5.74, 6) is 0.139. The maximum Gasteiger partial charge on any atom is 0.254 e. The fourth-order valence-corrected chi connectivity index (χ4v) is 2.34. The lowest BCUT2D eigenvalue weighted by Gasteiger charge is -2.32. The van der Waals surface area contributed by atoms with Crippen LogP contribution in [0.2, 0.25) is 0 Å². The smallest absolute Gasteiger partial charge is 0.254 e. The number of carbonyl (C=O) groups is 3. The van der Waals surface area contributed by atoms with Gasteiger partial charge in [-0.3, -0.25) is 14.4 Å². The normalized spacial score (nSPS) is 14.5. The van der Waals surface area contributed by atoms with Gasteiger partial charge in [0, 0.05) is 38.7 Å². The predicted molar refractivity (Wildman–Crippen MR) is 80.8 cm³/mol. The Morgan fingerprint density at radius 3 is 2.45 bits per heavy atom. The third-order valence-electron chi connectivity index (χ3n) is 3.51. The third kappa shape index (κ3) is 3.55. The van der Waals surface area contributed by atoms with Crippen molar-refractivity contribution < 1.29 is 19.1 Å². The predicted octanol–water partition coefficient (Wildman–Crippen LogP) is 0.568. The van der Waals surface area contributed by atoms with Crippen LogP contribution in [0.5, 0.6) is 5.75 Å². The van der Waals surface area contributed by atoms with Crippen molar-refractivity contribution in [1.29, 1.82) is 0 Å². The van der Waals surface area contributed by atoms with Crippen LogP contribution in [0.1, 0.15) is 17.3 Å². The average Bonchev–Trinajstić information content (AvgIpc) is 2.53. The minimum Gasteiger partial charge on any atom is -0.495 e. The first kappa shape index (κ1) is 15.8. The van der Waals surface area contributed by atoms with Gasteiger partial charge in [0.15, 0.2) is 0 Å². The van der Waals surface area contributed by atoms with E-state index in [0.29, 0.717) is 43.2 Å². The van der Waals surface area contributed by atoms with Crippen LogP contribution in [0.25, 0.3) is 0 Å². The standard InChI is InChI=1S/C15H19N3O4/c1-11(20)16-13-9-12(3-4-14(13)22-2)15(21)18-7-5-17(10-19)6-8-18/h3-4,9-10H,5-8H2,1-2H3,(H,16,20). The number of hydrogen-bond acceptors (Lipinski definition) is 4. The van der Waals surface area contributed by atoms with E-state index in [1.807, 2.05) is 0 Å². The zero-order chi connectivity index (χ0) is 16.1. The molecule has 1 aliphatic heterocycles. The van der Waals surface area contributed by atoms with Crippen molar-refractivity contribution in [3.05, 3.63) is 23.8 Å². The van der Waals surface area contributed by atoms with Gasteiger partial charge in [-0.2, -0.15) is 0 Å². The first-order valence-corrected chi connectivity index (χ1v) is 6.99. The SMILES string of the molecule is COc1ccc(C(=O)N2CCN(C=O)CC2)cc1NC(C)=O. The van der Waals surface area contributed by atoms with E-state index in [1.165, 1.54) is 14.0 Å². The monoisotopic (exact) mass is 305 g/mol. The Balaban J connectivity index is 2.16. The van der Waals surface area contributed by atoms with Crippen molar-refractivity contribution in [2.75, 3.05) is 38.6 Å². The van der Waals surface area contributed by atoms with Crippen molar-refractivity contribution in [1.82, 2.24) is 9.80 Å². The number of rotatable bonds is 4. The molecule has 0 saturated carbocycles. The van der Waals surface area contributed by atoms with Gasteiger partial charge in [0.2, 0.25) is 12.3 Å². The number of hydrogen-bond donors (Lipinski definition) is 1. The summed E-state index contributed by atoms with van der Waals surface area (Å²) in [6.07, 6.45) is 0.796. The van der Waals surface area contributed by atoms with Gasteiger partial charge in [0.1, 0.15) is 5.75 Å². The molecule has 7 heteroatoms. The lowest BCUT2D eigenvalue weighted by atomic mass is 10.1. The molecule has 1 fully saturated rings. The van der Waals surface area contributed by atoms with E-state index >= 15 is 0 Å². The Morgan fingerprint density at radius 1 is 1.23 bits per heavy atom.